The molecule has 13 heavy (non-hydrogen) atoms. The number of aromatic hydroxyl groups is 1. The molecule has 0 amide bonds. The van der Waals surface area contributed by atoms with Crippen LogP contribution in [0.25, 0.3) is 0 Å². The average Bonchev–Trinajstić information content (AvgIpc) is 1.98. The van der Waals surface area contributed by atoms with E-state index in [-0.39, 0.29) is 17.6 Å². The number of hydrogen-bond donors (Lipinski definition) is 2. The molecule has 0 aliphatic rings. The molecular weight excluding hydrogens is 237 g/mol. The number of halogens is 2. The maximum absolute atomic E-state index is 12.9. The lowest BCUT2D eigenvalue weighted by Crippen LogP contribution is -2.17. The Balaban J connectivity index is 3.05. The second kappa shape index (κ2) is 4.07. The molecule has 1 aromatic rings. The van der Waals surface area contributed by atoms with Crippen LogP contribution >= 0.6 is 15.9 Å². The molecule has 0 aliphatic heterocycles. The molecule has 0 radical (unpaired) electrons. The van der Waals surface area contributed by atoms with E-state index in [2.05, 4.69) is 15.9 Å². The van der Waals surface area contributed by atoms with Crippen molar-refractivity contribution in [1.82, 2.24) is 0 Å². The van der Waals surface area contributed by atoms with Crippen LogP contribution in [-0.4, -0.2) is 11.1 Å². The first-order valence-corrected chi connectivity index (χ1v) is 4.72. The standard InChI is InChI=1S/C9H11BrFNO/c1-5(12)2-6-3-7(11)4-8(10)9(6)13/h3-5,13H,2,12H2,1H3. The Morgan fingerprint density at radius 3 is 2.77 bits per heavy atom. The van der Waals surface area contributed by atoms with Crippen LogP contribution in [0.4, 0.5) is 4.39 Å². The summed E-state index contributed by atoms with van der Waals surface area (Å²) in [4.78, 5) is 0. The van der Waals surface area contributed by atoms with Gasteiger partial charge < -0.3 is 10.8 Å². The molecule has 1 rings (SSSR count). The minimum Gasteiger partial charge on any atom is -0.506 e. The first kappa shape index (κ1) is 10.5. The van der Waals surface area contributed by atoms with Gasteiger partial charge in [-0.15, -0.1) is 0 Å². The van der Waals surface area contributed by atoms with Crippen molar-refractivity contribution in [3.05, 3.63) is 28.0 Å². The van der Waals surface area contributed by atoms with Crippen molar-refractivity contribution in [3.63, 3.8) is 0 Å². The van der Waals surface area contributed by atoms with Gasteiger partial charge in [0.15, 0.2) is 0 Å². The Morgan fingerprint density at radius 2 is 2.23 bits per heavy atom. The maximum atomic E-state index is 12.9. The predicted molar refractivity (Wildman–Crippen MR) is 53.1 cm³/mol. The van der Waals surface area contributed by atoms with E-state index in [9.17, 15) is 9.50 Å². The molecule has 1 unspecified atom stereocenters. The van der Waals surface area contributed by atoms with E-state index in [4.69, 9.17) is 5.73 Å². The lowest BCUT2D eigenvalue weighted by molar-refractivity contribution is 0.459. The summed E-state index contributed by atoms with van der Waals surface area (Å²) >= 11 is 3.06. The highest BCUT2D eigenvalue weighted by Crippen LogP contribution is 2.29. The molecule has 1 atom stereocenters. The number of benzene rings is 1. The highest BCUT2D eigenvalue weighted by atomic mass is 79.9. The molecule has 0 bridgehead atoms. The first-order valence-electron chi connectivity index (χ1n) is 3.93. The lowest BCUT2D eigenvalue weighted by Gasteiger charge is -2.08. The van der Waals surface area contributed by atoms with Gasteiger partial charge >= 0.3 is 0 Å². The Hall–Kier alpha value is -0.610. The molecule has 0 spiro atoms. The summed E-state index contributed by atoms with van der Waals surface area (Å²) in [6, 6.07) is 2.42. The Kier molecular flexibility index (Phi) is 3.27. The van der Waals surface area contributed by atoms with Crippen LogP contribution in [0.1, 0.15) is 12.5 Å². The Morgan fingerprint density at radius 1 is 1.62 bits per heavy atom. The van der Waals surface area contributed by atoms with Gasteiger partial charge in [-0.3, -0.25) is 0 Å². The van der Waals surface area contributed by atoms with E-state index >= 15 is 0 Å². The Labute approximate surface area is 84.7 Å². The quantitative estimate of drug-likeness (QED) is 0.842. The molecular formula is C9H11BrFNO. The van der Waals surface area contributed by atoms with E-state index in [0.29, 0.717) is 16.5 Å². The Bertz CT molecular complexity index is 315. The van der Waals surface area contributed by atoms with Crippen LogP contribution in [0, 0.1) is 5.82 Å². The van der Waals surface area contributed by atoms with E-state index in [1.807, 2.05) is 0 Å². The van der Waals surface area contributed by atoms with Crippen LogP contribution in [0.3, 0.4) is 0 Å². The second-order valence-electron chi connectivity index (χ2n) is 3.08. The SMILES string of the molecule is CC(N)Cc1cc(F)cc(Br)c1O. The van der Waals surface area contributed by atoms with Crippen molar-refractivity contribution in [2.24, 2.45) is 5.73 Å². The van der Waals surface area contributed by atoms with Crippen molar-refractivity contribution in [2.45, 2.75) is 19.4 Å². The van der Waals surface area contributed by atoms with Gasteiger partial charge in [-0.2, -0.15) is 0 Å². The van der Waals surface area contributed by atoms with Crippen LogP contribution < -0.4 is 5.73 Å². The summed E-state index contributed by atoms with van der Waals surface area (Å²) in [5, 5.41) is 9.50. The van der Waals surface area contributed by atoms with E-state index in [1.54, 1.807) is 6.92 Å². The van der Waals surface area contributed by atoms with Gasteiger partial charge in [0.1, 0.15) is 11.6 Å². The van der Waals surface area contributed by atoms with Crippen LogP contribution in [0.2, 0.25) is 0 Å². The summed E-state index contributed by atoms with van der Waals surface area (Å²) in [7, 11) is 0. The van der Waals surface area contributed by atoms with Gasteiger partial charge in [-0.1, -0.05) is 0 Å². The van der Waals surface area contributed by atoms with Gasteiger partial charge in [-0.25, -0.2) is 4.39 Å². The molecule has 3 N–H and O–H groups in total. The molecule has 0 heterocycles. The summed E-state index contributed by atoms with van der Waals surface area (Å²) in [5.74, 6) is -0.306. The number of rotatable bonds is 2. The predicted octanol–water partition coefficient (Wildman–Crippen LogP) is 2.18. The fourth-order valence-corrected chi connectivity index (χ4v) is 1.60. The zero-order chi connectivity index (χ0) is 10.0. The monoisotopic (exact) mass is 247 g/mol. The number of hydrogen-bond acceptors (Lipinski definition) is 2. The van der Waals surface area contributed by atoms with Gasteiger partial charge in [-0.05, 0) is 47.0 Å². The zero-order valence-electron chi connectivity index (χ0n) is 7.22. The van der Waals surface area contributed by atoms with Crippen molar-refractivity contribution in [1.29, 1.82) is 0 Å². The third kappa shape index (κ3) is 2.67. The summed E-state index contributed by atoms with van der Waals surface area (Å²) < 4.78 is 13.2. The summed E-state index contributed by atoms with van der Waals surface area (Å²) in [6.07, 6.45) is 0.461. The zero-order valence-corrected chi connectivity index (χ0v) is 8.81. The number of nitrogens with two attached hydrogens (primary N) is 1. The highest BCUT2D eigenvalue weighted by Gasteiger charge is 2.09. The molecule has 0 saturated heterocycles. The van der Waals surface area contributed by atoms with Crippen LogP contribution in [0.15, 0.2) is 16.6 Å². The molecule has 1 aromatic carbocycles. The van der Waals surface area contributed by atoms with E-state index in [1.165, 1.54) is 12.1 Å². The van der Waals surface area contributed by atoms with Gasteiger partial charge in [0, 0.05) is 6.04 Å². The van der Waals surface area contributed by atoms with Crippen molar-refractivity contribution < 1.29 is 9.50 Å². The van der Waals surface area contributed by atoms with Crippen molar-refractivity contribution in [2.75, 3.05) is 0 Å². The van der Waals surface area contributed by atoms with E-state index in [0.717, 1.165) is 0 Å². The molecule has 0 saturated carbocycles. The first-order chi connectivity index (χ1) is 6.00. The third-order valence-corrected chi connectivity index (χ3v) is 2.25. The molecule has 72 valence electrons. The van der Waals surface area contributed by atoms with Crippen molar-refractivity contribution >= 4 is 15.9 Å². The summed E-state index contributed by atoms with van der Waals surface area (Å²) in [5.41, 5.74) is 6.07. The fourth-order valence-electron chi connectivity index (χ4n) is 1.12. The second-order valence-corrected chi connectivity index (χ2v) is 3.93. The lowest BCUT2D eigenvalue weighted by atomic mass is 10.1. The minimum atomic E-state index is -0.375. The molecule has 0 aliphatic carbocycles. The molecule has 2 nitrogen and oxygen atoms in total. The molecule has 4 heteroatoms. The molecule has 0 fully saturated rings. The van der Waals surface area contributed by atoms with Crippen LogP contribution in [-0.2, 0) is 6.42 Å². The number of phenols is 1. The largest absolute Gasteiger partial charge is 0.506 e. The van der Waals surface area contributed by atoms with Crippen molar-refractivity contribution in [3.8, 4) is 5.75 Å². The minimum absolute atomic E-state index is 0.0682. The fraction of sp³-hybridized carbons (Fsp3) is 0.333. The van der Waals surface area contributed by atoms with Gasteiger partial charge in [0.25, 0.3) is 0 Å². The van der Waals surface area contributed by atoms with E-state index < -0.39 is 0 Å². The highest BCUT2D eigenvalue weighted by molar-refractivity contribution is 9.10. The summed E-state index contributed by atoms with van der Waals surface area (Å²) in [6.45, 7) is 1.80. The normalized spacial score (nSPS) is 12.9. The number of phenolic OH excluding ortho intramolecular Hbond substituents is 1. The average molecular weight is 248 g/mol. The smallest absolute Gasteiger partial charge is 0.133 e. The van der Waals surface area contributed by atoms with Gasteiger partial charge in [0.2, 0.25) is 0 Å². The third-order valence-electron chi connectivity index (χ3n) is 1.65. The maximum Gasteiger partial charge on any atom is 0.133 e. The topological polar surface area (TPSA) is 46.2 Å². The van der Waals surface area contributed by atoms with Gasteiger partial charge in [0.05, 0.1) is 4.47 Å². The van der Waals surface area contributed by atoms with Crippen LogP contribution in [0.5, 0.6) is 5.75 Å². The molecule has 0 aromatic heterocycles.